The Morgan fingerprint density at radius 3 is 2.86 bits per heavy atom. The van der Waals surface area contributed by atoms with Gasteiger partial charge in [-0.1, -0.05) is 12.1 Å². The molecule has 0 unspecified atom stereocenters. The first kappa shape index (κ1) is 19.4. The topological polar surface area (TPSA) is 80.8 Å². The highest BCUT2D eigenvalue weighted by Gasteiger charge is 2.18. The Labute approximate surface area is 175 Å². The summed E-state index contributed by atoms with van der Waals surface area (Å²) in [6.45, 7) is 3.24. The summed E-state index contributed by atoms with van der Waals surface area (Å²) in [5, 5.41) is 6.91. The maximum atomic E-state index is 12.7. The molecule has 0 spiro atoms. The molecule has 9 heteroatoms. The molecule has 0 bridgehead atoms. The Morgan fingerprint density at radius 1 is 1.21 bits per heavy atom. The van der Waals surface area contributed by atoms with Crippen LogP contribution < -0.4 is 14.8 Å². The van der Waals surface area contributed by atoms with Gasteiger partial charge in [0.05, 0.1) is 17.0 Å². The summed E-state index contributed by atoms with van der Waals surface area (Å²) in [5.41, 5.74) is 1.62. The third kappa shape index (κ3) is 4.57. The van der Waals surface area contributed by atoms with E-state index in [1.807, 2.05) is 36.6 Å². The van der Waals surface area contributed by atoms with E-state index < -0.39 is 0 Å². The molecule has 0 fully saturated rings. The number of amides is 2. The Balaban J connectivity index is 1.36. The lowest BCUT2D eigenvalue weighted by Crippen LogP contribution is -2.31. The smallest absolute Gasteiger partial charge is 0.267 e. The zero-order valence-electron chi connectivity index (χ0n) is 15.7. The molecule has 0 atom stereocenters. The van der Waals surface area contributed by atoms with Crippen molar-refractivity contribution in [2.45, 2.75) is 19.9 Å². The third-order valence-corrected chi connectivity index (χ3v) is 6.07. The summed E-state index contributed by atoms with van der Waals surface area (Å²) >= 11 is 2.68. The monoisotopic (exact) mass is 429 g/mol. The van der Waals surface area contributed by atoms with Gasteiger partial charge in [-0.25, -0.2) is 4.98 Å². The predicted molar refractivity (Wildman–Crippen MR) is 112 cm³/mol. The first-order valence-corrected chi connectivity index (χ1v) is 10.8. The molecule has 0 saturated carbocycles. The lowest BCUT2D eigenvalue weighted by Gasteiger charge is -2.20. The Morgan fingerprint density at radius 2 is 2.07 bits per heavy atom. The second kappa shape index (κ2) is 8.62. The predicted octanol–water partition coefficient (Wildman–Crippen LogP) is 3.78. The fourth-order valence-electron chi connectivity index (χ4n) is 2.91. The fourth-order valence-corrected chi connectivity index (χ4v) is 4.24. The van der Waals surface area contributed by atoms with E-state index in [0.717, 1.165) is 11.3 Å². The van der Waals surface area contributed by atoms with E-state index in [0.29, 0.717) is 34.5 Å². The number of ether oxygens (including phenoxy) is 2. The van der Waals surface area contributed by atoms with Crippen LogP contribution in [-0.4, -0.2) is 35.0 Å². The summed E-state index contributed by atoms with van der Waals surface area (Å²) < 4.78 is 10.7. The normalized spacial score (nSPS) is 12.0. The van der Waals surface area contributed by atoms with Crippen molar-refractivity contribution in [3.05, 3.63) is 57.2 Å². The molecule has 1 aliphatic rings. The SMILES string of the molecule is CCN(Cc1ccc2c(c1)OCO2)C(=O)Cc1csc(NC(=O)c2cccs2)n1. The van der Waals surface area contributed by atoms with Crippen LogP contribution in [0, 0.1) is 0 Å². The van der Waals surface area contributed by atoms with E-state index in [2.05, 4.69) is 10.3 Å². The fraction of sp³-hybridized carbons (Fsp3) is 0.250. The molecular formula is C20H19N3O4S2. The van der Waals surface area contributed by atoms with Gasteiger partial charge in [0.1, 0.15) is 0 Å². The summed E-state index contributed by atoms with van der Waals surface area (Å²) in [7, 11) is 0. The number of thiophene rings is 1. The summed E-state index contributed by atoms with van der Waals surface area (Å²) in [4.78, 5) is 31.6. The zero-order valence-corrected chi connectivity index (χ0v) is 17.3. The molecule has 2 amide bonds. The lowest BCUT2D eigenvalue weighted by atomic mass is 10.1. The molecule has 0 saturated heterocycles. The number of nitrogens with one attached hydrogen (secondary N) is 1. The largest absolute Gasteiger partial charge is 0.454 e. The minimum atomic E-state index is -0.190. The number of likely N-dealkylation sites (N-methyl/N-ethyl adjacent to an activating group) is 1. The first-order valence-electron chi connectivity index (χ1n) is 9.08. The molecule has 7 nitrogen and oxygen atoms in total. The van der Waals surface area contributed by atoms with Crippen LogP contribution >= 0.6 is 22.7 Å². The van der Waals surface area contributed by atoms with Gasteiger partial charge < -0.3 is 14.4 Å². The number of fused-ring (bicyclic) bond motifs is 1. The van der Waals surface area contributed by atoms with E-state index in [4.69, 9.17) is 9.47 Å². The van der Waals surface area contributed by atoms with Crippen LogP contribution in [-0.2, 0) is 17.8 Å². The van der Waals surface area contributed by atoms with E-state index in [9.17, 15) is 9.59 Å². The van der Waals surface area contributed by atoms with E-state index in [1.165, 1.54) is 22.7 Å². The third-order valence-electron chi connectivity index (χ3n) is 4.39. The molecule has 3 heterocycles. The maximum absolute atomic E-state index is 12.7. The van der Waals surface area contributed by atoms with Crippen molar-refractivity contribution >= 4 is 39.6 Å². The molecular weight excluding hydrogens is 410 g/mol. The minimum absolute atomic E-state index is 0.0217. The Kier molecular flexibility index (Phi) is 5.77. The molecule has 1 N–H and O–H groups in total. The summed E-state index contributed by atoms with van der Waals surface area (Å²) in [6.07, 6.45) is 0.184. The number of benzene rings is 1. The quantitative estimate of drug-likeness (QED) is 0.618. The zero-order chi connectivity index (χ0) is 20.2. The molecule has 0 radical (unpaired) electrons. The number of carbonyl (C=O) groups excluding carboxylic acids is 2. The average molecular weight is 430 g/mol. The first-order chi connectivity index (χ1) is 14.1. The summed E-state index contributed by atoms with van der Waals surface area (Å²) in [6, 6.07) is 9.28. The maximum Gasteiger partial charge on any atom is 0.267 e. The Hall–Kier alpha value is -2.91. The van der Waals surface area contributed by atoms with Crippen molar-refractivity contribution < 1.29 is 19.1 Å². The van der Waals surface area contributed by atoms with Crippen molar-refractivity contribution in [2.24, 2.45) is 0 Å². The molecule has 2 aromatic heterocycles. The van der Waals surface area contributed by atoms with Gasteiger partial charge in [-0.3, -0.25) is 14.9 Å². The summed E-state index contributed by atoms with van der Waals surface area (Å²) in [5.74, 6) is 1.22. The van der Waals surface area contributed by atoms with Crippen molar-refractivity contribution in [1.82, 2.24) is 9.88 Å². The van der Waals surface area contributed by atoms with Gasteiger partial charge in [-0.15, -0.1) is 22.7 Å². The number of rotatable bonds is 7. The van der Waals surface area contributed by atoms with Crippen molar-refractivity contribution in [2.75, 3.05) is 18.7 Å². The van der Waals surface area contributed by atoms with E-state index in [1.54, 1.807) is 16.3 Å². The number of aromatic nitrogens is 1. The van der Waals surface area contributed by atoms with E-state index >= 15 is 0 Å². The lowest BCUT2D eigenvalue weighted by molar-refractivity contribution is -0.130. The van der Waals surface area contributed by atoms with Crippen LogP contribution in [0.15, 0.2) is 41.1 Å². The van der Waals surface area contributed by atoms with Gasteiger partial charge in [0.2, 0.25) is 12.7 Å². The second-order valence-corrected chi connectivity index (χ2v) is 8.15. The molecule has 3 aromatic rings. The number of nitrogens with zero attached hydrogens (tertiary/aromatic N) is 2. The van der Waals surface area contributed by atoms with Crippen molar-refractivity contribution in [1.29, 1.82) is 0 Å². The van der Waals surface area contributed by atoms with Crippen LogP contribution in [0.5, 0.6) is 11.5 Å². The molecule has 1 aromatic carbocycles. The standard InChI is InChI=1S/C20H19N3O4S2/c1-2-23(10-13-5-6-15-16(8-13)27-12-26-15)18(24)9-14-11-29-20(21-14)22-19(25)17-4-3-7-28-17/h3-8,11H,2,9-10,12H2,1H3,(H,21,22,25). The van der Waals surface area contributed by atoms with Crippen LogP contribution in [0.2, 0.25) is 0 Å². The number of thiazole rings is 1. The highest BCUT2D eigenvalue weighted by Crippen LogP contribution is 2.32. The van der Waals surface area contributed by atoms with Gasteiger partial charge in [0.15, 0.2) is 16.6 Å². The van der Waals surface area contributed by atoms with Crippen LogP contribution in [0.3, 0.4) is 0 Å². The Bertz CT molecular complexity index is 1020. The molecule has 150 valence electrons. The molecule has 29 heavy (non-hydrogen) atoms. The van der Waals surface area contributed by atoms with Crippen LogP contribution in [0.4, 0.5) is 5.13 Å². The van der Waals surface area contributed by atoms with Gasteiger partial charge in [-0.05, 0) is 36.1 Å². The average Bonchev–Trinajstić information content (AvgIpc) is 3.47. The molecule has 4 rings (SSSR count). The van der Waals surface area contributed by atoms with Crippen molar-refractivity contribution in [3.63, 3.8) is 0 Å². The van der Waals surface area contributed by atoms with Gasteiger partial charge in [0.25, 0.3) is 5.91 Å². The number of hydrogen-bond donors (Lipinski definition) is 1. The number of carbonyl (C=O) groups is 2. The molecule has 1 aliphatic heterocycles. The van der Waals surface area contributed by atoms with Crippen LogP contribution in [0.1, 0.15) is 27.9 Å². The van der Waals surface area contributed by atoms with Crippen molar-refractivity contribution in [3.8, 4) is 11.5 Å². The van der Waals surface area contributed by atoms with Gasteiger partial charge in [0, 0.05) is 18.5 Å². The number of hydrogen-bond acceptors (Lipinski definition) is 7. The molecule has 0 aliphatic carbocycles. The van der Waals surface area contributed by atoms with E-state index in [-0.39, 0.29) is 25.0 Å². The highest BCUT2D eigenvalue weighted by molar-refractivity contribution is 7.14. The number of anilines is 1. The second-order valence-electron chi connectivity index (χ2n) is 6.35. The minimum Gasteiger partial charge on any atom is -0.454 e. The highest BCUT2D eigenvalue weighted by atomic mass is 32.1. The van der Waals surface area contributed by atoms with Crippen LogP contribution in [0.25, 0.3) is 0 Å². The van der Waals surface area contributed by atoms with Gasteiger partial charge >= 0.3 is 0 Å². The van der Waals surface area contributed by atoms with Gasteiger partial charge in [-0.2, -0.15) is 0 Å².